The zero-order valence-corrected chi connectivity index (χ0v) is 21.4. The molecule has 0 saturated heterocycles. The Hall–Kier alpha value is -4.83. The van der Waals surface area contributed by atoms with Crippen LogP contribution in [0.5, 0.6) is 5.75 Å². The molecule has 4 nitrogen and oxygen atoms in total. The quantitative estimate of drug-likeness (QED) is 0.200. The van der Waals surface area contributed by atoms with Gasteiger partial charge in [0.1, 0.15) is 11.9 Å². The second-order valence-electron chi connectivity index (χ2n) is 10.4. The van der Waals surface area contributed by atoms with Crippen LogP contribution >= 0.6 is 0 Å². The zero-order chi connectivity index (χ0) is 25.9. The molecule has 2 N–H and O–H groups in total. The van der Waals surface area contributed by atoms with E-state index in [1.165, 1.54) is 16.3 Å². The van der Waals surface area contributed by atoms with Gasteiger partial charge in [-0.25, -0.2) is 4.68 Å². The number of hydrogen-bond donors (Lipinski definition) is 1. The summed E-state index contributed by atoms with van der Waals surface area (Å²) in [5.41, 5.74) is 12.7. The average molecular weight is 506 g/mol. The van der Waals surface area contributed by atoms with Gasteiger partial charge in [0.15, 0.2) is 0 Å². The van der Waals surface area contributed by atoms with Crippen molar-refractivity contribution in [1.82, 2.24) is 4.68 Å². The predicted octanol–water partition coefficient (Wildman–Crippen LogP) is 7.89. The average Bonchev–Trinajstić information content (AvgIpc) is 3.53. The summed E-state index contributed by atoms with van der Waals surface area (Å²) in [6, 6.07) is 25.2. The highest BCUT2D eigenvalue weighted by Gasteiger charge is 2.37. The first kappa shape index (κ1) is 22.2. The molecule has 2 heterocycles. The van der Waals surface area contributed by atoms with Crippen LogP contribution in [0.2, 0.25) is 0 Å². The second kappa shape index (κ2) is 8.60. The van der Waals surface area contributed by atoms with Gasteiger partial charge in [-0.3, -0.25) is 0 Å². The molecule has 4 aromatic carbocycles. The Kier molecular flexibility index (Phi) is 4.89. The fourth-order valence-electron chi connectivity index (χ4n) is 6.49. The van der Waals surface area contributed by atoms with Crippen molar-refractivity contribution >= 4 is 44.0 Å². The summed E-state index contributed by atoms with van der Waals surface area (Å²) in [6.45, 7) is 0. The van der Waals surface area contributed by atoms with Gasteiger partial charge in [0, 0.05) is 50.2 Å². The van der Waals surface area contributed by atoms with Gasteiger partial charge in [-0.05, 0) is 24.6 Å². The molecule has 0 amide bonds. The van der Waals surface area contributed by atoms with Crippen LogP contribution in [0.4, 0.5) is 5.69 Å². The van der Waals surface area contributed by atoms with E-state index in [9.17, 15) is 0 Å². The summed E-state index contributed by atoms with van der Waals surface area (Å²) in [7, 11) is 0. The highest BCUT2D eigenvalue weighted by Crippen LogP contribution is 2.52. The van der Waals surface area contributed by atoms with Crippen molar-refractivity contribution in [3.63, 3.8) is 0 Å². The number of ether oxygens (including phenoxy) is 1. The Morgan fingerprint density at radius 1 is 0.795 bits per heavy atom. The van der Waals surface area contributed by atoms with Gasteiger partial charge in [-0.2, -0.15) is 5.10 Å². The van der Waals surface area contributed by atoms with Crippen LogP contribution in [-0.4, -0.2) is 16.5 Å². The molecule has 2 aliphatic carbocycles. The lowest BCUT2D eigenvalue weighted by molar-refractivity contribution is 0.271. The first-order valence-electron chi connectivity index (χ1n) is 13.6. The van der Waals surface area contributed by atoms with Gasteiger partial charge >= 0.3 is 0 Å². The SMILES string of the molecule is Nc1ccccc1C(=Nn1c2ccccc2c2c3c(c4ccccc4c21)OC1C=CC=CC31)C1C=CC=CC1. The van der Waals surface area contributed by atoms with E-state index in [1.54, 1.807) is 0 Å². The molecule has 3 atom stereocenters. The highest BCUT2D eigenvalue weighted by molar-refractivity contribution is 6.22. The smallest absolute Gasteiger partial charge is 0.132 e. The Labute approximate surface area is 226 Å². The number of nitrogens with zero attached hydrogens (tertiary/aromatic N) is 2. The molecule has 3 unspecified atom stereocenters. The fourth-order valence-corrected chi connectivity index (χ4v) is 6.49. The minimum atomic E-state index is 0.00320. The molecule has 8 rings (SSSR count). The van der Waals surface area contributed by atoms with Crippen molar-refractivity contribution in [2.24, 2.45) is 11.0 Å². The third-order valence-corrected chi connectivity index (χ3v) is 8.24. The maximum absolute atomic E-state index is 6.64. The molecule has 0 spiro atoms. The number of aromatic nitrogens is 1. The summed E-state index contributed by atoms with van der Waals surface area (Å²) in [6.07, 6.45) is 18.2. The molecule has 188 valence electrons. The Morgan fingerprint density at radius 3 is 2.38 bits per heavy atom. The first-order valence-corrected chi connectivity index (χ1v) is 13.6. The van der Waals surface area contributed by atoms with E-state index in [0.29, 0.717) is 0 Å². The zero-order valence-electron chi connectivity index (χ0n) is 21.4. The van der Waals surface area contributed by atoms with Crippen molar-refractivity contribution in [1.29, 1.82) is 0 Å². The number of para-hydroxylation sites is 2. The maximum Gasteiger partial charge on any atom is 0.132 e. The first-order chi connectivity index (χ1) is 19.3. The fraction of sp³-hybridized carbons (Fsp3) is 0.114. The molecular formula is C35H27N3O. The second-order valence-corrected chi connectivity index (χ2v) is 10.4. The summed E-state index contributed by atoms with van der Waals surface area (Å²) in [4.78, 5) is 0. The van der Waals surface area contributed by atoms with Crippen LogP contribution in [0.3, 0.4) is 0 Å². The predicted molar refractivity (Wildman–Crippen MR) is 162 cm³/mol. The molecule has 0 bridgehead atoms. The van der Waals surface area contributed by atoms with E-state index >= 15 is 0 Å². The van der Waals surface area contributed by atoms with Gasteiger partial charge in [0.05, 0.1) is 16.7 Å². The molecule has 4 heteroatoms. The lowest BCUT2D eigenvalue weighted by Gasteiger charge is -2.19. The molecule has 0 radical (unpaired) electrons. The largest absolute Gasteiger partial charge is 0.484 e. The number of benzene rings is 4. The van der Waals surface area contributed by atoms with Crippen LogP contribution in [0.25, 0.3) is 32.6 Å². The van der Waals surface area contributed by atoms with E-state index in [2.05, 4.69) is 108 Å². The van der Waals surface area contributed by atoms with E-state index < -0.39 is 0 Å². The van der Waals surface area contributed by atoms with Crippen molar-refractivity contribution in [2.45, 2.75) is 18.4 Å². The Bertz CT molecular complexity index is 1950. The lowest BCUT2D eigenvalue weighted by atomic mass is 9.87. The summed E-state index contributed by atoms with van der Waals surface area (Å²) >= 11 is 0. The minimum absolute atomic E-state index is 0.00320. The number of nitrogen functional groups attached to an aromatic ring is 1. The molecule has 1 aliphatic heterocycles. The summed E-state index contributed by atoms with van der Waals surface area (Å²) in [5.74, 6) is 1.27. The molecule has 1 aromatic heterocycles. The van der Waals surface area contributed by atoms with Gasteiger partial charge < -0.3 is 10.5 Å². The van der Waals surface area contributed by atoms with Crippen LogP contribution < -0.4 is 10.5 Å². The van der Waals surface area contributed by atoms with Gasteiger partial charge in [-0.15, -0.1) is 0 Å². The van der Waals surface area contributed by atoms with Gasteiger partial charge in [0.25, 0.3) is 0 Å². The number of nitrogens with two attached hydrogens (primary N) is 1. The van der Waals surface area contributed by atoms with Crippen molar-refractivity contribution < 1.29 is 4.74 Å². The molecule has 39 heavy (non-hydrogen) atoms. The van der Waals surface area contributed by atoms with Gasteiger partial charge in [-0.1, -0.05) is 103 Å². The topological polar surface area (TPSA) is 52.5 Å². The van der Waals surface area contributed by atoms with Crippen molar-refractivity contribution in [3.8, 4) is 5.75 Å². The van der Waals surface area contributed by atoms with Crippen molar-refractivity contribution in [2.75, 3.05) is 5.73 Å². The lowest BCUT2D eigenvalue weighted by Crippen LogP contribution is -2.18. The van der Waals surface area contributed by atoms with Crippen LogP contribution in [-0.2, 0) is 0 Å². The third kappa shape index (κ3) is 3.28. The molecule has 0 fully saturated rings. The highest BCUT2D eigenvalue weighted by atomic mass is 16.5. The van der Waals surface area contributed by atoms with E-state index in [0.717, 1.165) is 50.9 Å². The van der Waals surface area contributed by atoms with Crippen molar-refractivity contribution in [3.05, 3.63) is 133 Å². The van der Waals surface area contributed by atoms with Crippen LogP contribution in [0.1, 0.15) is 23.5 Å². The maximum atomic E-state index is 6.64. The number of allylic oxidation sites excluding steroid dienone is 6. The minimum Gasteiger partial charge on any atom is -0.484 e. The Balaban J connectivity index is 1.52. The normalized spacial score (nSPS) is 21.5. The van der Waals surface area contributed by atoms with Crippen LogP contribution in [0.15, 0.2) is 127 Å². The van der Waals surface area contributed by atoms with Gasteiger partial charge in [0.2, 0.25) is 0 Å². The molecular weight excluding hydrogens is 478 g/mol. The number of rotatable bonds is 3. The molecule has 3 aliphatic rings. The standard InChI is InChI=1S/C35H27N3O/c36-28-19-9-6-16-25(28)33(22-12-2-1-3-13-22)37-38-29-20-10-7-17-26(29)31-32-27-18-8-11-21-30(27)39-35(32)24-15-5-4-14-23(24)34(31)38/h1-12,14-22,27,30H,13,36H2. The Morgan fingerprint density at radius 2 is 1.54 bits per heavy atom. The van der Waals surface area contributed by atoms with E-state index in [1.807, 2.05) is 18.2 Å². The van der Waals surface area contributed by atoms with E-state index in [-0.39, 0.29) is 17.9 Å². The molecule has 0 saturated carbocycles. The molecule has 5 aromatic rings. The van der Waals surface area contributed by atoms with E-state index in [4.69, 9.17) is 15.6 Å². The summed E-state index contributed by atoms with van der Waals surface area (Å²) in [5, 5.41) is 10.2. The summed E-state index contributed by atoms with van der Waals surface area (Å²) < 4.78 is 8.80. The third-order valence-electron chi connectivity index (χ3n) is 8.24. The number of hydrogen-bond acceptors (Lipinski definition) is 3. The number of fused-ring (bicyclic) bond motifs is 10. The van der Waals surface area contributed by atoms with Crippen LogP contribution in [0, 0.1) is 5.92 Å². The number of anilines is 1. The monoisotopic (exact) mass is 505 g/mol.